The third-order valence-corrected chi connectivity index (χ3v) is 4.58. The number of rotatable bonds is 2. The standard InChI is InChI=1S/C16H22N2O2/c19-15-6-4-12(5-7-15)13-8-10-18(11-9-13)16(20)17-14-2-1-3-14/h4-7,13-14,19H,1-3,8-11H2,(H,17,20). The van der Waals surface area contributed by atoms with E-state index in [-0.39, 0.29) is 6.03 Å². The molecule has 1 aromatic rings. The Morgan fingerprint density at radius 1 is 1.10 bits per heavy atom. The highest BCUT2D eigenvalue weighted by molar-refractivity contribution is 5.74. The summed E-state index contributed by atoms with van der Waals surface area (Å²) in [6.07, 6.45) is 5.52. The number of aromatic hydroxyl groups is 1. The first-order chi connectivity index (χ1) is 9.72. The number of piperidine rings is 1. The van der Waals surface area contributed by atoms with E-state index in [9.17, 15) is 9.90 Å². The lowest BCUT2D eigenvalue weighted by Crippen LogP contribution is -2.49. The van der Waals surface area contributed by atoms with Crippen LogP contribution in [-0.2, 0) is 0 Å². The van der Waals surface area contributed by atoms with Gasteiger partial charge in [-0.25, -0.2) is 4.79 Å². The molecule has 1 saturated heterocycles. The largest absolute Gasteiger partial charge is 0.508 e. The maximum atomic E-state index is 12.1. The van der Waals surface area contributed by atoms with Gasteiger partial charge in [-0.1, -0.05) is 12.1 Å². The Labute approximate surface area is 119 Å². The van der Waals surface area contributed by atoms with Crippen LogP contribution in [0.1, 0.15) is 43.6 Å². The van der Waals surface area contributed by atoms with Gasteiger partial charge in [0.1, 0.15) is 5.75 Å². The summed E-state index contributed by atoms with van der Waals surface area (Å²) in [5.74, 6) is 0.814. The molecule has 1 aliphatic heterocycles. The molecule has 0 bridgehead atoms. The van der Waals surface area contributed by atoms with Crippen molar-refractivity contribution in [3.63, 3.8) is 0 Å². The number of carbonyl (C=O) groups excluding carboxylic acids is 1. The smallest absolute Gasteiger partial charge is 0.317 e. The normalized spacial score (nSPS) is 20.5. The Morgan fingerprint density at radius 2 is 1.75 bits per heavy atom. The van der Waals surface area contributed by atoms with Gasteiger partial charge in [-0.3, -0.25) is 0 Å². The van der Waals surface area contributed by atoms with Gasteiger partial charge in [0.15, 0.2) is 0 Å². The molecule has 0 aromatic heterocycles. The molecule has 1 aliphatic carbocycles. The molecule has 2 N–H and O–H groups in total. The van der Waals surface area contributed by atoms with Crippen molar-refractivity contribution in [3.8, 4) is 5.75 Å². The highest BCUT2D eigenvalue weighted by atomic mass is 16.3. The van der Waals surface area contributed by atoms with E-state index in [1.807, 2.05) is 17.0 Å². The summed E-state index contributed by atoms with van der Waals surface area (Å²) in [5.41, 5.74) is 1.27. The molecule has 2 fully saturated rings. The summed E-state index contributed by atoms with van der Waals surface area (Å²) in [5, 5.41) is 12.4. The lowest BCUT2D eigenvalue weighted by molar-refractivity contribution is 0.171. The summed E-state index contributed by atoms with van der Waals surface area (Å²) in [4.78, 5) is 14.0. The SMILES string of the molecule is O=C(NC1CCC1)N1CCC(c2ccc(O)cc2)CC1. The Bertz CT molecular complexity index is 460. The van der Waals surface area contributed by atoms with Crippen molar-refractivity contribution in [3.05, 3.63) is 29.8 Å². The van der Waals surface area contributed by atoms with Gasteiger partial charge in [-0.15, -0.1) is 0 Å². The molecule has 2 aliphatic rings. The third kappa shape index (κ3) is 2.89. The van der Waals surface area contributed by atoms with E-state index in [2.05, 4.69) is 5.32 Å². The van der Waals surface area contributed by atoms with Gasteiger partial charge in [0.05, 0.1) is 0 Å². The van der Waals surface area contributed by atoms with Crippen molar-refractivity contribution in [2.24, 2.45) is 0 Å². The highest BCUT2D eigenvalue weighted by Gasteiger charge is 2.26. The molecule has 20 heavy (non-hydrogen) atoms. The van der Waals surface area contributed by atoms with Crippen LogP contribution in [0.2, 0.25) is 0 Å². The van der Waals surface area contributed by atoms with Crippen LogP contribution in [-0.4, -0.2) is 35.2 Å². The van der Waals surface area contributed by atoms with Crippen molar-refractivity contribution >= 4 is 6.03 Å². The van der Waals surface area contributed by atoms with Gasteiger partial charge < -0.3 is 15.3 Å². The van der Waals surface area contributed by atoms with Crippen LogP contribution in [0.15, 0.2) is 24.3 Å². The zero-order valence-corrected chi connectivity index (χ0v) is 11.7. The van der Waals surface area contributed by atoms with Crippen LogP contribution >= 0.6 is 0 Å². The summed E-state index contributed by atoms with van der Waals surface area (Å²) < 4.78 is 0. The average molecular weight is 274 g/mol. The Hall–Kier alpha value is -1.71. The van der Waals surface area contributed by atoms with Gasteiger partial charge >= 0.3 is 6.03 Å². The zero-order valence-electron chi connectivity index (χ0n) is 11.7. The van der Waals surface area contributed by atoms with E-state index in [4.69, 9.17) is 0 Å². The fourth-order valence-electron chi connectivity index (χ4n) is 2.98. The van der Waals surface area contributed by atoms with Crippen molar-refractivity contribution in [1.82, 2.24) is 10.2 Å². The second kappa shape index (κ2) is 5.73. The number of urea groups is 1. The van der Waals surface area contributed by atoms with E-state index >= 15 is 0 Å². The number of phenols is 1. The number of hydrogen-bond donors (Lipinski definition) is 2. The maximum Gasteiger partial charge on any atom is 0.317 e. The molecule has 4 heteroatoms. The predicted molar refractivity (Wildman–Crippen MR) is 77.8 cm³/mol. The summed E-state index contributed by atoms with van der Waals surface area (Å²) in [7, 11) is 0. The van der Waals surface area contributed by atoms with E-state index < -0.39 is 0 Å². The lowest BCUT2D eigenvalue weighted by Gasteiger charge is -2.35. The van der Waals surface area contributed by atoms with E-state index in [1.165, 1.54) is 12.0 Å². The van der Waals surface area contributed by atoms with Crippen molar-refractivity contribution in [1.29, 1.82) is 0 Å². The van der Waals surface area contributed by atoms with Gasteiger partial charge in [0, 0.05) is 19.1 Å². The van der Waals surface area contributed by atoms with Crippen LogP contribution in [0.25, 0.3) is 0 Å². The van der Waals surface area contributed by atoms with Gasteiger partial charge in [0.25, 0.3) is 0 Å². The molecule has 1 aromatic carbocycles. The van der Waals surface area contributed by atoms with E-state index in [0.717, 1.165) is 38.8 Å². The number of hydrogen-bond acceptors (Lipinski definition) is 2. The molecule has 4 nitrogen and oxygen atoms in total. The first-order valence-electron chi connectivity index (χ1n) is 7.57. The molecular formula is C16H22N2O2. The zero-order chi connectivity index (χ0) is 13.9. The van der Waals surface area contributed by atoms with Crippen LogP contribution in [0.4, 0.5) is 4.79 Å². The monoisotopic (exact) mass is 274 g/mol. The van der Waals surface area contributed by atoms with Gasteiger partial charge in [-0.2, -0.15) is 0 Å². The number of nitrogens with zero attached hydrogens (tertiary/aromatic N) is 1. The Balaban J connectivity index is 1.51. The van der Waals surface area contributed by atoms with Crippen LogP contribution in [0.5, 0.6) is 5.75 Å². The lowest BCUT2D eigenvalue weighted by atomic mass is 9.89. The van der Waals surface area contributed by atoms with E-state index in [1.54, 1.807) is 12.1 Å². The van der Waals surface area contributed by atoms with Gasteiger partial charge in [0.2, 0.25) is 0 Å². The molecule has 108 valence electrons. The quantitative estimate of drug-likeness (QED) is 0.871. The number of phenolic OH excluding ortho intramolecular Hbond substituents is 1. The van der Waals surface area contributed by atoms with Gasteiger partial charge in [-0.05, 0) is 55.7 Å². The molecule has 1 heterocycles. The molecule has 0 spiro atoms. The second-order valence-corrected chi connectivity index (χ2v) is 5.93. The summed E-state index contributed by atoms with van der Waals surface area (Å²) >= 11 is 0. The molecular weight excluding hydrogens is 252 g/mol. The third-order valence-electron chi connectivity index (χ3n) is 4.58. The van der Waals surface area contributed by atoms with Crippen molar-refractivity contribution in [2.45, 2.75) is 44.1 Å². The van der Waals surface area contributed by atoms with Crippen LogP contribution in [0, 0.1) is 0 Å². The molecule has 1 saturated carbocycles. The predicted octanol–water partition coefficient (Wildman–Crippen LogP) is 2.83. The first-order valence-corrected chi connectivity index (χ1v) is 7.57. The first kappa shape index (κ1) is 13.3. The molecule has 2 amide bonds. The summed E-state index contributed by atoms with van der Waals surface area (Å²) in [6, 6.07) is 7.99. The van der Waals surface area contributed by atoms with Crippen LogP contribution in [0.3, 0.4) is 0 Å². The Kier molecular flexibility index (Phi) is 3.81. The highest BCUT2D eigenvalue weighted by Crippen LogP contribution is 2.29. The number of carbonyl (C=O) groups is 1. The number of benzene rings is 1. The van der Waals surface area contributed by atoms with Crippen LogP contribution < -0.4 is 5.32 Å². The number of nitrogens with one attached hydrogen (secondary N) is 1. The minimum absolute atomic E-state index is 0.110. The molecule has 0 atom stereocenters. The number of likely N-dealkylation sites (tertiary alicyclic amines) is 1. The van der Waals surface area contributed by atoms with E-state index in [0.29, 0.717) is 17.7 Å². The topological polar surface area (TPSA) is 52.6 Å². The average Bonchev–Trinajstić information content (AvgIpc) is 2.44. The second-order valence-electron chi connectivity index (χ2n) is 5.93. The summed E-state index contributed by atoms with van der Waals surface area (Å²) in [6.45, 7) is 1.65. The molecule has 3 rings (SSSR count). The fraction of sp³-hybridized carbons (Fsp3) is 0.562. The minimum Gasteiger partial charge on any atom is -0.508 e. The minimum atomic E-state index is 0.110. The molecule has 0 unspecified atom stereocenters. The van der Waals surface area contributed by atoms with Crippen molar-refractivity contribution < 1.29 is 9.90 Å². The maximum absolute atomic E-state index is 12.1. The molecule has 0 radical (unpaired) electrons. The fourth-order valence-corrected chi connectivity index (χ4v) is 2.98. The van der Waals surface area contributed by atoms with Crippen molar-refractivity contribution in [2.75, 3.05) is 13.1 Å². The number of amides is 2. The Morgan fingerprint density at radius 3 is 2.30 bits per heavy atom.